The monoisotopic (exact) mass is 381 g/mol. The van der Waals surface area contributed by atoms with Crippen molar-refractivity contribution >= 4 is 23.2 Å². The van der Waals surface area contributed by atoms with Crippen molar-refractivity contribution in [2.75, 3.05) is 25.7 Å². The van der Waals surface area contributed by atoms with Gasteiger partial charge in [-0.1, -0.05) is 12.1 Å². The standard InChI is InChI=1S/C21H23N3O4/c1-14(15-6-9-17(10-7-15)24-12-4-5-20(24)25)22-23-21(26)16-8-11-18(27-2)19(13-16)28-3/h6-11,13H,4-5,12H2,1-3H3,(H,23,26)/b22-14-. The molecule has 3 rings (SSSR count). The Morgan fingerprint density at radius 1 is 1.04 bits per heavy atom. The van der Waals surface area contributed by atoms with Crippen molar-refractivity contribution in [2.24, 2.45) is 5.10 Å². The van der Waals surface area contributed by atoms with Crippen LogP contribution in [-0.2, 0) is 4.79 Å². The predicted molar refractivity (Wildman–Crippen MR) is 107 cm³/mol. The summed E-state index contributed by atoms with van der Waals surface area (Å²) in [4.78, 5) is 26.0. The number of rotatable bonds is 6. The number of benzene rings is 2. The Labute approximate surface area is 163 Å². The van der Waals surface area contributed by atoms with Gasteiger partial charge in [-0.2, -0.15) is 5.10 Å². The summed E-state index contributed by atoms with van der Waals surface area (Å²) < 4.78 is 10.4. The summed E-state index contributed by atoms with van der Waals surface area (Å²) in [5.74, 6) is 0.832. The average molecular weight is 381 g/mol. The van der Waals surface area contributed by atoms with Gasteiger partial charge < -0.3 is 14.4 Å². The van der Waals surface area contributed by atoms with Gasteiger partial charge in [-0.3, -0.25) is 9.59 Å². The molecule has 1 aliphatic heterocycles. The van der Waals surface area contributed by atoms with E-state index < -0.39 is 0 Å². The summed E-state index contributed by atoms with van der Waals surface area (Å²) in [6.07, 6.45) is 1.49. The van der Waals surface area contributed by atoms with Crippen LogP contribution >= 0.6 is 0 Å². The third-order valence-corrected chi connectivity index (χ3v) is 4.64. The molecule has 146 valence electrons. The van der Waals surface area contributed by atoms with Crippen molar-refractivity contribution in [1.82, 2.24) is 5.43 Å². The van der Waals surface area contributed by atoms with Crippen LogP contribution in [0.3, 0.4) is 0 Å². The molecular weight excluding hydrogens is 358 g/mol. The maximum atomic E-state index is 12.4. The van der Waals surface area contributed by atoms with E-state index in [2.05, 4.69) is 10.5 Å². The minimum atomic E-state index is -0.348. The molecule has 0 saturated carbocycles. The summed E-state index contributed by atoms with van der Waals surface area (Å²) in [5.41, 5.74) is 5.37. The van der Waals surface area contributed by atoms with Crippen LogP contribution in [0.25, 0.3) is 0 Å². The van der Waals surface area contributed by atoms with E-state index >= 15 is 0 Å². The van der Waals surface area contributed by atoms with Crippen molar-refractivity contribution < 1.29 is 19.1 Å². The molecule has 1 saturated heterocycles. The number of nitrogens with one attached hydrogen (secondary N) is 1. The molecule has 1 fully saturated rings. The van der Waals surface area contributed by atoms with Gasteiger partial charge in [-0.15, -0.1) is 0 Å². The minimum absolute atomic E-state index is 0.153. The Balaban J connectivity index is 1.68. The van der Waals surface area contributed by atoms with Gasteiger partial charge in [0.1, 0.15) is 0 Å². The van der Waals surface area contributed by atoms with Crippen molar-refractivity contribution in [3.63, 3.8) is 0 Å². The number of hydrogen-bond donors (Lipinski definition) is 1. The highest BCUT2D eigenvalue weighted by Gasteiger charge is 2.21. The van der Waals surface area contributed by atoms with Gasteiger partial charge in [0.25, 0.3) is 5.91 Å². The van der Waals surface area contributed by atoms with Crippen molar-refractivity contribution in [1.29, 1.82) is 0 Å². The lowest BCUT2D eigenvalue weighted by Gasteiger charge is -2.15. The zero-order valence-electron chi connectivity index (χ0n) is 16.2. The lowest BCUT2D eigenvalue weighted by Crippen LogP contribution is -2.23. The van der Waals surface area contributed by atoms with Crippen LogP contribution in [0, 0.1) is 0 Å². The normalized spacial score (nSPS) is 14.2. The number of hydrogen-bond acceptors (Lipinski definition) is 5. The van der Waals surface area contributed by atoms with Gasteiger partial charge >= 0.3 is 0 Å². The highest BCUT2D eigenvalue weighted by atomic mass is 16.5. The van der Waals surface area contributed by atoms with Crippen LogP contribution in [0.4, 0.5) is 5.69 Å². The summed E-state index contributed by atoms with van der Waals surface area (Å²) >= 11 is 0. The lowest BCUT2D eigenvalue weighted by molar-refractivity contribution is -0.117. The van der Waals surface area contributed by atoms with E-state index in [4.69, 9.17) is 9.47 Å². The van der Waals surface area contributed by atoms with Gasteiger partial charge in [0.2, 0.25) is 5.91 Å². The number of hydrazone groups is 1. The number of ether oxygens (including phenoxy) is 2. The Hall–Kier alpha value is -3.35. The SMILES string of the molecule is COc1ccc(C(=O)N/N=C(/C)c2ccc(N3CCCC3=O)cc2)cc1OC. The van der Waals surface area contributed by atoms with E-state index in [0.29, 0.717) is 29.2 Å². The minimum Gasteiger partial charge on any atom is -0.493 e. The number of carbonyl (C=O) groups is 2. The maximum absolute atomic E-state index is 12.4. The molecule has 0 spiro atoms. The molecule has 7 nitrogen and oxygen atoms in total. The Kier molecular flexibility index (Phi) is 5.93. The fraction of sp³-hybridized carbons (Fsp3) is 0.286. The molecule has 1 N–H and O–H groups in total. The van der Waals surface area contributed by atoms with Gasteiger partial charge in [0.05, 0.1) is 19.9 Å². The molecule has 0 unspecified atom stereocenters. The first-order chi connectivity index (χ1) is 13.5. The topological polar surface area (TPSA) is 80.2 Å². The Bertz CT molecular complexity index is 906. The lowest BCUT2D eigenvalue weighted by atomic mass is 10.1. The van der Waals surface area contributed by atoms with E-state index in [1.165, 1.54) is 14.2 Å². The summed E-state index contributed by atoms with van der Waals surface area (Å²) in [7, 11) is 3.05. The fourth-order valence-electron chi connectivity index (χ4n) is 3.04. The first-order valence-corrected chi connectivity index (χ1v) is 9.01. The third-order valence-electron chi connectivity index (χ3n) is 4.64. The number of anilines is 1. The van der Waals surface area contributed by atoms with Crippen LogP contribution < -0.4 is 19.8 Å². The Morgan fingerprint density at radius 2 is 1.71 bits per heavy atom. The molecular formula is C21H23N3O4. The smallest absolute Gasteiger partial charge is 0.271 e. The molecule has 0 aliphatic carbocycles. The molecule has 1 aliphatic rings. The fourth-order valence-corrected chi connectivity index (χ4v) is 3.04. The second-order valence-corrected chi connectivity index (χ2v) is 6.40. The van der Waals surface area contributed by atoms with Gasteiger partial charge in [0.15, 0.2) is 11.5 Å². The highest BCUT2D eigenvalue weighted by molar-refractivity contribution is 6.02. The molecule has 0 bridgehead atoms. The van der Waals surface area contributed by atoms with Crippen molar-refractivity contribution in [2.45, 2.75) is 19.8 Å². The second-order valence-electron chi connectivity index (χ2n) is 6.40. The predicted octanol–water partition coefficient (Wildman–Crippen LogP) is 2.98. The van der Waals surface area contributed by atoms with E-state index in [-0.39, 0.29) is 11.8 Å². The number of nitrogens with zero attached hydrogens (tertiary/aromatic N) is 2. The largest absolute Gasteiger partial charge is 0.493 e. The molecule has 0 aromatic heterocycles. The molecule has 0 radical (unpaired) electrons. The number of amides is 2. The van der Waals surface area contributed by atoms with Crippen LogP contribution in [-0.4, -0.2) is 38.3 Å². The van der Waals surface area contributed by atoms with Crippen LogP contribution in [0.15, 0.2) is 47.6 Å². The first kappa shape index (κ1) is 19.4. The summed E-state index contributed by atoms with van der Waals surface area (Å²) in [6, 6.07) is 12.5. The van der Waals surface area contributed by atoms with Crippen LogP contribution in [0.5, 0.6) is 11.5 Å². The molecule has 1 heterocycles. The summed E-state index contributed by atoms with van der Waals surface area (Å²) in [6.45, 7) is 2.57. The van der Waals surface area contributed by atoms with Crippen LogP contribution in [0.2, 0.25) is 0 Å². The van der Waals surface area contributed by atoms with Crippen LogP contribution in [0.1, 0.15) is 35.7 Å². The van der Waals surface area contributed by atoms with E-state index in [0.717, 1.165) is 24.2 Å². The average Bonchev–Trinajstić information content (AvgIpc) is 3.17. The first-order valence-electron chi connectivity index (χ1n) is 9.01. The summed E-state index contributed by atoms with van der Waals surface area (Å²) in [5, 5.41) is 4.18. The van der Waals surface area contributed by atoms with E-state index in [1.54, 1.807) is 23.1 Å². The Morgan fingerprint density at radius 3 is 2.32 bits per heavy atom. The van der Waals surface area contributed by atoms with Gasteiger partial charge in [-0.05, 0) is 49.2 Å². The third kappa shape index (κ3) is 4.14. The van der Waals surface area contributed by atoms with Gasteiger partial charge in [0, 0.05) is 24.2 Å². The van der Waals surface area contributed by atoms with Crippen molar-refractivity contribution in [3.8, 4) is 11.5 Å². The molecule has 0 atom stereocenters. The van der Waals surface area contributed by atoms with Crippen molar-refractivity contribution in [3.05, 3.63) is 53.6 Å². The molecule has 2 aromatic rings. The maximum Gasteiger partial charge on any atom is 0.271 e. The number of carbonyl (C=O) groups excluding carboxylic acids is 2. The van der Waals surface area contributed by atoms with E-state index in [1.807, 2.05) is 31.2 Å². The molecule has 2 aromatic carbocycles. The molecule has 2 amide bonds. The zero-order valence-corrected chi connectivity index (χ0v) is 16.2. The second kappa shape index (κ2) is 8.56. The quantitative estimate of drug-likeness (QED) is 0.616. The molecule has 28 heavy (non-hydrogen) atoms. The van der Waals surface area contributed by atoms with E-state index in [9.17, 15) is 9.59 Å². The zero-order chi connectivity index (χ0) is 20.1. The van der Waals surface area contributed by atoms with Gasteiger partial charge in [-0.25, -0.2) is 5.43 Å². The highest BCUT2D eigenvalue weighted by Crippen LogP contribution is 2.27. The number of methoxy groups -OCH3 is 2. The molecule has 7 heteroatoms.